The molecule has 1 saturated carbocycles. The third-order valence-electron chi connectivity index (χ3n) is 3.96. The van der Waals surface area contributed by atoms with Crippen LogP contribution in [0.3, 0.4) is 0 Å². The number of hydrogen-bond acceptors (Lipinski definition) is 2. The Morgan fingerprint density at radius 1 is 1.32 bits per heavy atom. The third-order valence-corrected chi connectivity index (χ3v) is 4.25. The lowest BCUT2D eigenvalue weighted by molar-refractivity contribution is 0.146. The minimum absolute atomic E-state index is 0.0297. The first-order valence-electron chi connectivity index (χ1n) is 7.14. The second-order valence-electron chi connectivity index (χ2n) is 5.60. The molecular formula is C15H15ClF3N3. The molecule has 0 spiro atoms. The maximum atomic E-state index is 13.2. The van der Waals surface area contributed by atoms with Gasteiger partial charge in [-0.05, 0) is 37.3 Å². The molecule has 0 bridgehead atoms. The van der Waals surface area contributed by atoms with Crippen LogP contribution in [-0.4, -0.2) is 20.9 Å². The zero-order chi connectivity index (χ0) is 15.7. The average Bonchev–Trinajstić information content (AvgIpc) is 3.08. The van der Waals surface area contributed by atoms with Gasteiger partial charge in [0.25, 0.3) is 6.43 Å². The summed E-state index contributed by atoms with van der Waals surface area (Å²) >= 11 is 5.98. The molecule has 2 aromatic heterocycles. The van der Waals surface area contributed by atoms with Crippen LogP contribution in [-0.2, 0) is 6.54 Å². The summed E-state index contributed by atoms with van der Waals surface area (Å²) in [6.07, 6.45) is 2.10. The van der Waals surface area contributed by atoms with Gasteiger partial charge in [0.05, 0.1) is 6.20 Å². The molecular weight excluding hydrogens is 315 g/mol. The van der Waals surface area contributed by atoms with E-state index in [1.807, 2.05) is 0 Å². The van der Waals surface area contributed by atoms with E-state index in [-0.39, 0.29) is 16.8 Å². The normalized spacial score (nSPS) is 21.7. The van der Waals surface area contributed by atoms with E-state index in [1.54, 1.807) is 17.1 Å². The summed E-state index contributed by atoms with van der Waals surface area (Å²) in [6.45, 7) is 0.653. The molecule has 118 valence electrons. The van der Waals surface area contributed by atoms with Gasteiger partial charge in [-0.3, -0.25) is 4.68 Å². The number of nitrogens with zero attached hydrogens (tertiary/aromatic N) is 3. The quantitative estimate of drug-likeness (QED) is 0.763. The number of aromatic nitrogens is 3. The van der Waals surface area contributed by atoms with E-state index in [9.17, 15) is 13.2 Å². The van der Waals surface area contributed by atoms with Crippen LogP contribution in [0.4, 0.5) is 13.2 Å². The van der Waals surface area contributed by atoms with Crippen molar-refractivity contribution in [3.63, 3.8) is 0 Å². The van der Waals surface area contributed by atoms with E-state index in [1.165, 1.54) is 12.1 Å². The Morgan fingerprint density at radius 2 is 2.14 bits per heavy atom. The monoisotopic (exact) mass is 329 g/mol. The van der Waals surface area contributed by atoms with Crippen molar-refractivity contribution in [1.82, 2.24) is 14.8 Å². The lowest BCUT2D eigenvalue weighted by Crippen LogP contribution is -2.08. The molecule has 0 aliphatic heterocycles. The Hall–Kier alpha value is -1.56. The van der Waals surface area contributed by atoms with Gasteiger partial charge in [-0.2, -0.15) is 5.10 Å². The van der Waals surface area contributed by atoms with Crippen LogP contribution in [0.25, 0.3) is 11.1 Å². The molecule has 7 heteroatoms. The molecule has 0 N–H and O–H groups in total. The van der Waals surface area contributed by atoms with Crippen LogP contribution in [0.1, 0.15) is 31.4 Å². The summed E-state index contributed by atoms with van der Waals surface area (Å²) in [5.41, 5.74) is 0.932. The van der Waals surface area contributed by atoms with Crippen molar-refractivity contribution >= 4 is 11.6 Å². The molecule has 1 fully saturated rings. The van der Waals surface area contributed by atoms with Gasteiger partial charge in [-0.25, -0.2) is 18.2 Å². The van der Waals surface area contributed by atoms with Crippen LogP contribution >= 0.6 is 11.6 Å². The SMILES string of the molecule is FC(F)c1ccc(-c2cnn(C[C@@H]3CC[C@@H](F)C3)c2)c(Cl)n1. The maximum Gasteiger partial charge on any atom is 0.280 e. The van der Waals surface area contributed by atoms with E-state index < -0.39 is 12.6 Å². The molecule has 22 heavy (non-hydrogen) atoms. The van der Waals surface area contributed by atoms with Crippen molar-refractivity contribution < 1.29 is 13.2 Å². The van der Waals surface area contributed by atoms with Gasteiger partial charge in [-0.1, -0.05) is 11.6 Å². The number of rotatable bonds is 4. The van der Waals surface area contributed by atoms with E-state index in [0.717, 1.165) is 6.42 Å². The van der Waals surface area contributed by atoms with Gasteiger partial charge in [0.15, 0.2) is 0 Å². The van der Waals surface area contributed by atoms with Crippen molar-refractivity contribution in [2.75, 3.05) is 0 Å². The Bertz CT molecular complexity index is 659. The zero-order valence-electron chi connectivity index (χ0n) is 11.7. The molecule has 2 aromatic rings. The van der Waals surface area contributed by atoms with Crippen molar-refractivity contribution in [2.45, 2.75) is 38.4 Å². The Morgan fingerprint density at radius 3 is 2.77 bits per heavy atom. The van der Waals surface area contributed by atoms with Crippen LogP contribution in [0.15, 0.2) is 24.5 Å². The summed E-state index contributed by atoms with van der Waals surface area (Å²) < 4.78 is 40.1. The van der Waals surface area contributed by atoms with E-state index in [4.69, 9.17) is 11.6 Å². The molecule has 0 aromatic carbocycles. The number of pyridine rings is 1. The average molecular weight is 330 g/mol. The van der Waals surface area contributed by atoms with Crippen LogP contribution in [0.2, 0.25) is 5.15 Å². The molecule has 0 radical (unpaired) electrons. The first-order chi connectivity index (χ1) is 10.5. The lowest BCUT2D eigenvalue weighted by atomic mass is 10.1. The van der Waals surface area contributed by atoms with Gasteiger partial charge in [0.2, 0.25) is 0 Å². The highest BCUT2D eigenvalue weighted by Crippen LogP contribution is 2.31. The summed E-state index contributed by atoms with van der Waals surface area (Å²) in [6, 6.07) is 2.78. The van der Waals surface area contributed by atoms with Gasteiger partial charge in [0, 0.05) is 23.9 Å². The van der Waals surface area contributed by atoms with Crippen molar-refractivity contribution in [1.29, 1.82) is 0 Å². The van der Waals surface area contributed by atoms with Crippen molar-refractivity contribution in [2.24, 2.45) is 5.92 Å². The van der Waals surface area contributed by atoms with Crippen molar-refractivity contribution in [3.05, 3.63) is 35.4 Å². The summed E-state index contributed by atoms with van der Waals surface area (Å²) in [4.78, 5) is 3.70. The second-order valence-corrected chi connectivity index (χ2v) is 5.96. The number of halogens is 4. The molecule has 1 aliphatic carbocycles. The standard InChI is InChI=1S/C15H15ClF3N3/c16-14-12(3-4-13(21-14)15(18)19)10-6-20-22(8-10)7-9-1-2-11(17)5-9/h3-4,6,8-9,11,15H,1-2,5,7H2/t9-,11-/m1/s1. The molecule has 0 unspecified atom stereocenters. The predicted molar refractivity (Wildman–Crippen MR) is 77.7 cm³/mol. The Balaban J connectivity index is 1.76. The van der Waals surface area contributed by atoms with Gasteiger partial charge in [-0.15, -0.1) is 0 Å². The number of alkyl halides is 3. The highest BCUT2D eigenvalue weighted by molar-refractivity contribution is 6.32. The zero-order valence-corrected chi connectivity index (χ0v) is 12.5. The third kappa shape index (κ3) is 3.27. The van der Waals surface area contributed by atoms with E-state index >= 15 is 0 Å². The lowest BCUT2D eigenvalue weighted by Gasteiger charge is -2.08. The predicted octanol–water partition coefficient (Wildman–Crippen LogP) is 4.67. The topological polar surface area (TPSA) is 30.7 Å². The Kier molecular flexibility index (Phi) is 4.38. The van der Waals surface area contributed by atoms with Crippen LogP contribution in [0.5, 0.6) is 0 Å². The van der Waals surface area contributed by atoms with Gasteiger partial charge >= 0.3 is 0 Å². The molecule has 0 amide bonds. The van der Waals surface area contributed by atoms with Crippen LogP contribution in [0, 0.1) is 5.92 Å². The smallest absolute Gasteiger partial charge is 0.272 e. The highest BCUT2D eigenvalue weighted by atomic mass is 35.5. The molecule has 2 heterocycles. The van der Waals surface area contributed by atoms with E-state index in [0.29, 0.717) is 30.5 Å². The summed E-state index contributed by atoms with van der Waals surface area (Å²) in [7, 11) is 0. The fraction of sp³-hybridized carbons (Fsp3) is 0.467. The molecule has 3 nitrogen and oxygen atoms in total. The Labute approximate surface area is 131 Å². The minimum atomic E-state index is -2.65. The van der Waals surface area contributed by atoms with Gasteiger partial charge in [0.1, 0.15) is 17.0 Å². The first-order valence-corrected chi connectivity index (χ1v) is 7.52. The molecule has 0 saturated heterocycles. The maximum absolute atomic E-state index is 13.2. The molecule has 2 atom stereocenters. The summed E-state index contributed by atoms with van der Waals surface area (Å²) in [5.74, 6) is 0.289. The van der Waals surface area contributed by atoms with Gasteiger partial charge < -0.3 is 0 Å². The minimum Gasteiger partial charge on any atom is -0.272 e. The van der Waals surface area contributed by atoms with Crippen LogP contribution < -0.4 is 0 Å². The summed E-state index contributed by atoms with van der Waals surface area (Å²) in [5, 5.41) is 4.27. The van der Waals surface area contributed by atoms with Crippen molar-refractivity contribution in [3.8, 4) is 11.1 Å². The second kappa shape index (κ2) is 6.28. The molecule has 1 aliphatic rings. The first kappa shape index (κ1) is 15.3. The molecule has 3 rings (SSSR count). The largest absolute Gasteiger partial charge is 0.280 e. The fourth-order valence-corrected chi connectivity index (χ4v) is 3.10. The fourth-order valence-electron chi connectivity index (χ4n) is 2.83. The highest BCUT2D eigenvalue weighted by Gasteiger charge is 2.24. The number of hydrogen-bond donors (Lipinski definition) is 0. The van der Waals surface area contributed by atoms with E-state index in [2.05, 4.69) is 10.1 Å².